The summed E-state index contributed by atoms with van der Waals surface area (Å²) in [4.78, 5) is 13.5. The molecule has 0 saturated heterocycles. The first-order valence-corrected chi connectivity index (χ1v) is 5.49. The van der Waals surface area contributed by atoms with E-state index in [9.17, 15) is 4.79 Å². The van der Waals surface area contributed by atoms with Gasteiger partial charge in [-0.15, -0.1) is 0 Å². The fraction of sp³-hybridized carbons (Fsp3) is 0.909. The highest BCUT2D eigenvalue weighted by atomic mass is 16.2. The largest absolute Gasteiger partial charge is 0.345 e. The summed E-state index contributed by atoms with van der Waals surface area (Å²) in [7, 11) is 1.86. The van der Waals surface area contributed by atoms with Gasteiger partial charge in [0.05, 0.1) is 0 Å². The van der Waals surface area contributed by atoms with E-state index in [2.05, 4.69) is 6.92 Å². The van der Waals surface area contributed by atoms with E-state index in [0.29, 0.717) is 0 Å². The highest BCUT2D eigenvalue weighted by Crippen LogP contribution is 2.08. The van der Waals surface area contributed by atoms with E-state index in [1.54, 1.807) is 4.90 Å². The molecule has 0 saturated carbocycles. The second kappa shape index (κ2) is 6.82. The molecule has 0 aromatic rings. The van der Waals surface area contributed by atoms with Gasteiger partial charge in [-0.3, -0.25) is 4.79 Å². The minimum Gasteiger partial charge on any atom is -0.345 e. The van der Waals surface area contributed by atoms with Crippen LogP contribution in [0, 0.1) is 5.92 Å². The molecule has 0 aromatic carbocycles. The van der Waals surface area contributed by atoms with Crippen LogP contribution in [0.1, 0.15) is 40.0 Å². The summed E-state index contributed by atoms with van der Waals surface area (Å²) in [5, 5.41) is 0. The Morgan fingerprint density at radius 1 is 1.36 bits per heavy atom. The number of hydrogen-bond acceptors (Lipinski definition) is 2. The zero-order valence-electron chi connectivity index (χ0n) is 9.92. The first-order chi connectivity index (χ1) is 6.49. The zero-order valence-corrected chi connectivity index (χ0v) is 9.92. The number of nitrogens with zero attached hydrogens (tertiary/aromatic N) is 1. The van der Waals surface area contributed by atoms with Crippen molar-refractivity contribution in [1.29, 1.82) is 0 Å². The van der Waals surface area contributed by atoms with Crippen LogP contribution in [0.25, 0.3) is 0 Å². The van der Waals surface area contributed by atoms with Gasteiger partial charge in [-0.25, -0.2) is 0 Å². The molecule has 14 heavy (non-hydrogen) atoms. The van der Waals surface area contributed by atoms with Crippen molar-refractivity contribution in [2.75, 3.05) is 13.6 Å². The van der Waals surface area contributed by atoms with E-state index in [1.165, 1.54) is 0 Å². The number of hydrogen-bond donors (Lipinski definition) is 1. The maximum Gasteiger partial charge on any atom is 0.225 e. The monoisotopic (exact) mass is 200 g/mol. The SMILES string of the molecule is CCCC(C)C(=O)N(C)CCC(C)N. The molecule has 0 bridgehead atoms. The fourth-order valence-corrected chi connectivity index (χ4v) is 1.44. The van der Waals surface area contributed by atoms with Crippen LogP contribution in [0.15, 0.2) is 0 Å². The molecular formula is C11H24N2O. The van der Waals surface area contributed by atoms with Crippen LogP contribution in [-0.4, -0.2) is 30.4 Å². The van der Waals surface area contributed by atoms with Gasteiger partial charge < -0.3 is 10.6 Å². The van der Waals surface area contributed by atoms with E-state index < -0.39 is 0 Å². The standard InChI is InChI=1S/C11H24N2O/c1-5-6-9(2)11(14)13(4)8-7-10(3)12/h9-10H,5-8,12H2,1-4H3. The summed E-state index contributed by atoms with van der Waals surface area (Å²) < 4.78 is 0. The van der Waals surface area contributed by atoms with Crippen molar-refractivity contribution in [3.05, 3.63) is 0 Å². The van der Waals surface area contributed by atoms with Gasteiger partial charge in [0.1, 0.15) is 0 Å². The third-order valence-electron chi connectivity index (χ3n) is 2.44. The molecule has 0 spiro atoms. The lowest BCUT2D eigenvalue weighted by Gasteiger charge is -2.21. The van der Waals surface area contributed by atoms with Crippen LogP contribution in [0.2, 0.25) is 0 Å². The molecule has 2 N–H and O–H groups in total. The molecule has 2 atom stereocenters. The Bertz CT molecular complexity index is 169. The molecule has 2 unspecified atom stereocenters. The van der Waals surface area contributed by atoms with Gasteiger partial charge in [0.2, 0.25) is 5.91 Å². The number of carbonyl (C=O) groups excluding carboxylic acids is 1. The van der Waals surface area contributed by atoms with Gasteiger partial charge in [-0.1, -0.05) is 20.3 Å². The highest BCUT2D eigenvalue weighted by molar-refractivity contribution is 5.78. The second-order valence-electron chi connectivity index (χ2n) is 4.22. The average Bonchev–Trinajstić information content (AvgIpc) is 2.13. The topological polar surface area (TPSA) is 46.3 Å². The summed E-state index contributed by atoms with van der Waals surface area (Å²) in [6.07, 6.45) is 2.91. The zero-order chi connectivity index (χ0) is 11.1. The third-order valence-corrected chi connectivity index (χ3v) is 2.44. The number of amides is 1. The van der Waals surface area contributed by atoms with Crippen molar-refractivity contribution in [3.63, 3.8) is 0 Å². The summed E-state index contributed by atoms with van der Waals surface area (Å²) in [6.45, 7) is 6.83. The Hall–Kier alpha value is -0.570. The van der Waals surface area contributed by atoms with E-state index >= 15 is 0 Å². The van der Waals surface area contributed by atoms with E-state index in [4.69, 9.17) is 5.73 Å². The van der Waals surface area contributed by atoms with Crippen molar-refractivity contribution >= 4 is 5.91 Å². The first-order valence-electron chi connectivity index (χ1n) is 5.49. The summed E-state index contributed by atoms with van der Waals surface area (Å²) in [6, 6.07) is 0.173. The van der Waals surface area contributed by atoms with Crippen LogP contribution in [-0.2, 0) is 4.79 Å². The van der Waals surface area contributed by atoms with Crippen LogP contribution in [0.4, 0.5) is 0 Å². The molecule has 3 nitrogen and oxygen atoms in total. The number of carbonyl (C=O) groups is 1. The Labute approximate surface area is 87.6 Å². The van der Waals surface area contributed by atoms with Crippen molar-refractivity contribution in [3.8, 4) is 0 Å². The number of rotatable bonds is 6. The van der Waals surface area contributed by atoms with Crippen molar-refractivity contribution < 1.29 is 4.79 Å². The molecule has 84 valence electrons. The van der Waals surface area contributed by atoms with Crippen LogP contribution in [0.3, 0.4) is 0 Å². The Balaban J connectivity index is 3.86. The van der Waals surface area contributed by atoms with E-state index in [1.807, 2.05) is 20.9 Å². The van der Waals surface area contributed by atoms with E-state index in [0.717, 1.165) is 25.8 Å². The first kappa shape index (κ1) is 13.4. The molecule has 0 aromatic heterocycles. The molecule has 0 aliphatic heterocycles. The normalized spacial score (nSPS) is 14.9. The molecule has 0 aliphatic rings. The van der Waals surface area contributed by atoms with E-state index in [-0.39, 0.29) is 17.9 Å². The van der Waals surface area contributed by atoms with Crippen LogP contribution >= 0.6 is 0 Å². The van der Waals surface area contributed by atoms with Gasteiger partial charge in [-0.05, 0) is 19.8 Å². The fourth-order valence-electron chi connectivity index (χ4n) is 1.44. The van der Waals surface area contributed by atoms with Gasteiger partial charge in [0.15, 0.2) is 0 Å². The van der Waals surface area contributed by atoms with Gasteiger partial charge >= 0.3 is 0 Å². The predicted octanol–water partition coefficient (Wildman–Crippen LogP) is 1.62. The minimum atomic E-state index is 0.151. The average molecular weight is 200 g/mol. The second-order valence-corrected chi connectivity index (χ2v) is 4.22. The molecule has 0 rings (SSSR count). The Morgan fingerprint density at radius 2 is 1.93 bits per heavy atom. The van der Waals surface area contributed by atoms with Gasteiger partial charge in [-0.2, -0.15) is 0 Å². The maximum absolute atomic E-state index is 11.7. The molecule has 3 heteroatoms. The lowest BCUT2D eigenvalue weighted by atomic mass is 10.0. The van der Waals surface area contributed by atoms with Crippen LogP contribution in [0.5, 0.6) is 0 Å². The Kier molecular flexibility index (Phi) is 6.54. The molecule has 1 amide bonds. The summed E-state index contributed by atoms with van der Waals surface area (Å²) in [5.41, 5.74) is 5.64. The maximum atomic E-state index is 11.7. The molecule has 0 radical (unpaired) electrons. The highest BCUT2D eigenvalue weighted by Gasteiger charge is 2.16. The quantitative estimate of drug-likeness (QED) is 0.708. The Morgan fingerprint density at radius 3 is 2.36 bits per heavy atom. The molecular weight excluding hydrogens is 176 g/mol. The predicted molar refractivity (Wildman–Crippen MR) is 60.0 cm³/mol. The lowest BCUT2D eigenvalue weighted by Crippen LogP contribution is -2.34. The summed E-state index contributed by atoms with van der Waals surface area (Å²) in [5.74, 6) is 0.394. The van der Waals surface area contributed by atoms with Gasteiger partial charge in [0.25, 0.3) is 0 Å². The molecule has 0 fully saturated rings. The van der Waals surface area contributed by atoms with Crippen molar-refractivity contribution in [2.45, 2.75) is 46.1 Å². The summed E-state index contributed by atoms with van der Waals surface area (Å²) >= 11 is 0. The van der Waals surface area contributed by atoms with Crippen LogP contribution < -0.4 is 5.73 Å². The number of nitrogens with two attached hydrogens (primary N) is 1. The van der Waals surface area contributed by atoms with Crippen molar-refractivity contribution in [2.24, 2.45) is 11.7 Å². The minimum absolute atomic E-state index is 0.151. The lowest BCUT2D eigenvalue weighted by molar-refractivity contribution is -0.133. The third kappa shape index (κ3) is 5.22. The molecule has 0 heterocycles. The smallest absolute Gasteiger partial charge is 0.225 e. The molecule has 0 aliphatic carbocycles. The van der Waals surface area contributed by atoms with Gasteiger partial charge in [0, 0.05) is 25.6 Å². The van der Waals surface area contributed by atoms with Crippen molar-refractivity contribution in [1.82, 2.24) is 4.90 Å².